The summed E-state index contributed by atoms with van der Waals surface area (Å²) in [6, 6.07) is 7.48. The third kappa shape index (κ3) is 5.31. The molecule has 1 saturated heterocycles. The number of nitrogens with one attached hydrogen (secondary N) is 1. The smallest absolute Gasteiger partial charge is 0.120 e. The van der Waals surface area contributed by atoms with E-state index in [9.17, 15) is 0 Å². The number of ether oxygens (including phenoxy) is 2. The van der Waals surface area contributed by atoms with Gasteiger partial charge in [-0.2, -0.15) is 0 Å². The molecule has 2 atom stereocenters. The molecule has 1 aliphatic rings. The lowest BCUT2D eigenvalue weighted by Crippen LogP contribution is -2.41. The highest BCUT2D eigenvalue weighted by Crippen LogP contribution is 2.22. The van der Waals surface area contributed by atoms with Crippen LogP contribution in [0.15, 0.2) is 24.3 Å². The van der Waals surface area contributed by atoms with Crippen LogP contribution in [0.4, 0.5) is 0 Å². The van der Waals surface area contributed by atoms with Crippen molar-refractivity contribution in [1.29, 1.82) is 0 Å². The minimum Gasteiger partial charge on any atom is -0.491 e. The van der Waals surface area contributed by atoms with Crippen LogP contribution >= 0.6 is 11.6 Å². The van der Waals surface area contributed by atoms with Crippen molar-refractivity contribution < 1.29 is 9.47 Å². The van der Waals surface area contributed by atoms with Crippen LogP contribution in [0, 0.1) is 0 Å². The lowest BCUT2D eigenvalue weighted by molar-refractivity contribution is 0.0162. The molecule has 2 unspecified atom stereocenters. The molecule has 1 fully saturated rings. The molecule has 0 aliphatic carbocycles. The first-order valence-corrected chi connectivity index (χ1v) is 7.59. The van der Waals surface area contributed by atoms with Crippen LogP contribution in [0.1, 0.15) is 33.6 Å². The van der Waals surface area contributed by atoms with Crippen molar-refractivity contribution in [3.63, 3.8) is 0 Å². The van der Waals surface area contributed by atoms with Crippen molar-refractivity contribution >= 4 is 11.6 Å². The molecule has 3 nitrogen and oxygen atoms in total. The average molecular weight is 298 g/mol. The number of benzene rings is 1. The Kier molecular flexibility index (Phi) is 5.30. The van der Waals surface area contributed by atoms with Crippen molar-refractivity contribution in [3.8, 4) is 5.75 Å². The Morgan fingerprint density at radius 2 is 2.05 bits per heavy atom. The molecule has 0 saturated carbocycles. The Labute approximate surface area is 126 Å². The molecule has 0 radical (unpaired) electrons. The van der Waals surface area contributed by atoms with Gasteiger partial charge in [0.1, 0.15) is 12.4 Å². The van der Waals surface area contributed by atoms with Gasteiger partial charge in [0.25, 0.3) is 0 Å². The van der Waals surface area contributed by atoms with Crippen molar-refractivity contribution in [1.82, 2.24) is 5.32 Å². The molecule has 0 bridgehead atoms. The molecule has 112 valence electrons. The van der Waals surface area contributed by atoms with Crippen LogP contribution < -0.4 is 10.1 Å². The summed E-state index contributed by atoms with van der Waals surface area (Å²) < 4.78 is 11.7. The molecule has 1 heterocycles. The molecule has 4 heteroatoms. The Hall–Kier alpha value is -0.770. The van der Waals surface area contributed by atoms with Gasteiger partial charge in [0, 0.05) is 17.1 Å². The SMILES string of the molecule is CC(C)(C)NCC1CCC(COc2cccc(Cl)c2)O1. The molecular formula is C16H24ClNO2. The van der Waals surface area contributed by atoms with Crippen LogP contribution in [0.3, 0.4) is 0 Å². The van der Waals surface area contributed by atoms with Crippen molar-refractivity contribution in [2.24, 2.45) is 0 Å². The second-order valence-electron chi connectivity index (χ2n) is 6.36. The van der Waals surface area contributed by atoms with Crippen LogP contribution in [0.5, 0.6) is 5.75 Å². The Morgan fingerprint density at radius 3 is 2.75 bits per heavy atom. The normalized spacial score (nSPS) is 23.0. The van der Waals surface area contributed by atoms with Crippen molar-refractivity contribution in [3.05, 3.63) is 29.3 Å². The largest absolute Gasteiger partial charge is 0.491 e. The minimum atomic E-state index is 0.138. The molecule has 0 aromatic heterocycles. The molecule has 1 N–H and O–H groups in total. The second kappa shape index (κ2) is 6.79. The lowest BCUT2D eigenvalue weighted by atomic mass is 10.1. The van der Waals surface area contributed by atoms with E-state index in [4.69, 9.17) is 21.1 Å². The molecule has 20 heavy (non-hydrogen) atoms. The molecule has 0 amide bonds. The van der Waals surface area contributed by atoms with E-state index in [-0.39, 0.29) is 11.6 Å². The van der Waals surface area contributed by atoms with Gasteiger partial charge in [-0.1, -0.05) is 17.7 Å². The minimum absolute atomic E-state index is 0.138. The predicted molar refractivity (Wildman–Crippen MR) is 82.6 cm³/mol. The third-order valence-corrected chi connectivity index (χ3v) is 3.52. The highest BCUT2D eigenvalue weighted by Gasteiger charge is 2.26. The zero-order chi connectivity index (χ0) is 14.6. The summed E-state index contributed by atoms with van der Waals surface area (Å²) in [5.41, 5.74) is 0.138. The topological polar surface area (TPSA) is 30.5 Å². The van der Waals surface area contributed by atoms with E-state index in [1.807, 2.05) is 24.3 Å². The van der Waals surface area contributed by atoms with Crippen molar-refractivity contribution in [2.45, 2.75) is 51.4 Å². The maximum Gasteiger partial charge on any atom is 0.120 e. The molecule has 1 aromatic rings. The van der Waals surface area contributed by atoms with Gasteiger partial charge in [-0.15, -0.1) is 0 Å². The van der Waals surface area contributed by atoms with Gasteiger partial charge < -0.3 is 14.8 Å². The standard InChI is InChI=1S/C16H24ClNO2/c1-16(2,3)18-10-14-7-8-15(20-14)11-19-13-6-4-5-12(17)9-13/h4-6,9,14-15,18H,7-8,10-11H2,1-3H3. The maximum atomic E-state index is 5.99. The van der Waals surface area contributed by atoms with E-state index in [0.717, 1.165) is 25.1 Å². The summed E-state index contributed by atoms with van der Waals surface area (Å²) in [6.45, 7) is 7.99. The Bertz CT molecular complexity index is 431. The van der Waals surface area contributed by atoms with E-state index < -0.39 is 0 Å². The summed E-state index contributed by atoms with van der Waals surface area (Å²) in [4.78, 5) is 0. The quantitative estimate of drug-likeness (QED) is 0.900. The molecule has 2 rings (SSSR count). The van der Waals surface area contributed by atoms with Gasteiger partial charge in [0.2, 0.25) is 0 Å². The summed E-state index contributed by atoms with van der Waals surface area (Å²) in [5.74, 6) is 0.803. The fraction of sp³-hybridized carbons (Fsp3) is 0.625. The monoisotopic (exact) mass is 297 g/mol. The van der Waals surface area contributed by atoms with Gasteiger partial charge in [0.15, 0.2) is 0 Å². The first kappa shape index (κ1) is 15.6. The molecule has 1 aliphatic heterocycles. The fourth-order valence-corrected chi connectivity index (χ4v) is 2.40. The van der Waals surface area contributed by atoms with Gasteiger partial charge in [-0.25, -0.2) is 0 Å². The number of hydrogen-bond donors (Lipinski definition) is 1. The molecule has 0 spiro atoms. The van der Waals surface area contributed by atoms with Crippen molar-refractivity contribution in [2.75, 3.05) is 13.2 Å². The summed E-state index contributed by atoms with van der Waals surface area (Å²) in [6.07, 6.45) is 2.62. The second-order valence-corrected chi connectivity index (χ2v) is 6.79. The van der Waals surface area contributed by atoms with Crippen LogP contribution in [-0.4, -0.2) is 30.9 Å². The Morgan fingerprint density at radius 1 is 1.30 bits per heavy atom. The number of halogens is 1. The van der Waals surface area contributed by atoms with E-state index in [2.05, 4.69) is 26.1 Å². The first-order valence-electron chi connectivity index (χ1n) is 7.21. The zero-order valence-electron chi connectivity index (χ0n) is 12.5. The lowest BCUT2D eigenvalue weighted by Gasteiger charge is -2.23. The first-order chi connectivity index (χ1) is 9.42. The van der Waals surface area contributed by atoms with Gasteiger partial charge in [-0.05, 0) is 51.8 Å². The summed E-state index contributed by atoms with van der Waals surface area (Å²) in [5, 5.41) is 4.18. The summed E-state index contributed by atoms with van der Waals surface area (Å²) in [7, 11) is 0. The van der Waals surface area contributed by atoms with Crippen LogP contribution in [-0.2, 0) is 4.74 Å². The number of rotatable bonds is 5. The van der Waals surface area contributed by atoms with Gasteiger partial charge >= 0.3 is 0 Å². The van der Waals surface area contributed by atoms with E-state index in [0.29, 0.717) is 17.7 Å². The highest BCUT2D eigenvalue weighted by molar-refractivity contribution is 6.30. The number of hydrogen-bond acceptors (Lipinski definition) is 3. The van der Waals surface area contributed by atoms with E-state index >= 15 is 0 Å². The van der Waals surface area contributed by atoms with Gasteiger partial charge in [-0.3, -0.25) is 0 Å². The summed E-state index contributed by atoms with van der Waals surface area (Å²) >= 11 is 5.93. The third-order valence-electron chi connectivity index (χ3n) is 3.29. The van der Waals surface area contributed by atoms with E-state index in [1.54, 1.807) is 0 Å². The van der Waals surface area contributed by atoms with Crippen LogP contribution in [0.25, 0.3) is 0 Å². The molecular weight excluding hydrogens is 274 g/mol. The van der Waals surface area contributed by atoms with E-state index in [1.165, 1.54) is 0 Å². The van der Waals surface area contributed by atoms with Gasteiger partial charge in [0.05, 0.1) is 12.2 Å². The highest BCUT2D eigenvalue weighted by atomic mass is 35.5. The maximum absolute atomic E-state index is 5.99. The predicted octanol–water partition coefficient (Wildman–Crippen LogP) is 3.65. The average Bonchev–Trinajstić information content (AvgIpc) is 2.81. The zero-order valence-corrected chi connectivity index (χ0v) is 13.2. The molecule has 1 aromatic carbocycles. The fourth-order valence-electron chi connectivity index (χ4n) is 2.22. The van der Waals surface area contributed by atoms with Crippen LogP contribution in [0.2, 0.25) is 5.02 Å². The Balaban J connectivity index is 1.71.